The van der Waals surface area contributed by atoms with Gasteiger partial charge in [-0.1, -0.05) is 92.6 Å². The summed E-state index contributed by atoms with van der Waals surface area (Å²) in [5.74, 6) is 0. The second-order valence-electron chi connectivity index (χ2n) is 5.16. The van der Waals surface area contributed by atoms with E-state index in [1.54, 1.807) is 19.3 Å². The summed E-state index contributed by atoms with van der Waals surface area (Å²) < 4.78 is 6.02. The van der Waals surface area contributed by atoms with Crippen molar-refractivity contribution in [2.75, 3.05) is 7.11 Å². The average molecular weight is 306 g/mol. The van der Waals surface area contributed by atoms with Gasteiger partial charge in [0.2, 0.25) is 0 Å². The Balaban J connectivity index is 3.46. The van der Waals surface area contributed by atoms with Crippen molar-refractivity contribution in [2.45, 2.75) is 18.9 Å². The molecule has 1 aliphatic rings. The summed E-state index contributed by atoms with van der Waals surface area (Å²) >= 11 is 0. The number of methoxy groups -OCH3 is 1. The van der Waals surface area contributed by atoms with Crippen LogP contribution in [0.4, 0.5) is 0 Å². The topological polar surface area (TPSA) is 9.23 Å². The summed E-state index contributed by atoms with van der Waals surface area (Å²) in [4.78, 5) is 0. The molecule has 0 saturated heterocycles. The van der Waals surface area contributed by atoms with Crippen LogP contribution < -0.4 is 0 Å². The van der Waals surface area contributed by atoms with Crippen LogP contribution in [0.1, 0.15) is 13.3 Å². The lowest BCUT2D eigenvalue weighted by atomic mass is 9.79. The van der Waals surface area contributed by atoms with Gasteiger partial charge < -0.3 is 4.74 Å². The Morgan fingerprint density at radius 1 is 1.17 bits per heavy atom. The minimum Gasteiger partial charge on any atom is -0.364 e. The summed E-state index contributed by atoms with van der Waals surface area (Å²) in [6, 6.07) is 0. The highest BCUT2D eigenvalue weighted by Gasteiger charge is 2.36. The first kappa shape index (κ1) is 18.7. The van der Waals surface area contributed by atoms with E-state index in [-0.39, 0.29) is 0 Å². The Morgan fingerprint density at radius 2 is 1.91 bits per heavy atom. The lowest BCUT2D eigenvalue weighted by Crippen LogP contribution is -2.36. The predicted octanol–water partition coefficient (Wildman–Crippen LogP) is 5.80. The fourth-order valence-electron chi connectivity index (χ4n) is 2.61. The van der Waals surface area contributed by atoms with Crippen LogP contribution in [0.3, 0.4) is 0 Å². The maximum absolute atomic E-state index is 6.02. The monoisotopic (exact) mass is 306 g/mol. The Morgan fingerprint density at radius 3 is 2.57 bits per heavy atom. The number of hydrogen-bond donors (Lipinski definition) is 0. The van der Waals surface area contributed by atoms with Gasteiger partial charge in [0.15, 0.2) is 0 Å². The van der Waals surface area contributed by atoms with E-state index in [1.165, 1.54) is 0 Å². The van der Waals surface area contributed by atoms with Gasteiger partial charge in [0.05, 0.1) is 0 Å². The molecule has 1 rings (SSSR count). The highest BCUT2D eigenvalue weighted by Crippen LogP contribution is 2.38. The number of allylic oxidation sites excluding steroid dienone is 10. The van der Waals surface area contributed by atoms with Gasteiger partial charge in [0, 0.05) is 7.11 Å². The molecular weight excluding hydrogens is 280 g/mol. The molecule has 120 valence electrons. The Hall–Kier alpha value is -2.38. The van der Waals surface area contributed by atoms with E-state index < -0.39 is 5.60 Å². The third-order valence-corrected chi connectivity index (χ3v) is 3.74. The van der Waals surface area contributed by atoms with Crippen LogP contribution in [0.2, 0.25) is 0 Å². The highest BCUT2D eigenvalue weighted by molar-refractivity contribution is 5.53. The summed E-state index contributed by atoms with van der Waals surface area (Å²) in [5.41, 5.74) is 2.28. The minimum atomic E-state index is -0.701. The number of ether oxygens (including phenoxy) is 1. The zero-order chi connectivity index (χ0) is 17.1. The van der Waals surface area contributed by atoms with E-state index in [0.29, 0.717) is 0 Å². The average Bonchev–Trinajstić information content (AvgIpc) is 2.84. The quantitative estimate of drug-likeness (QED) is 0.515. The van der Waals surface area contributed by atoms with Gasteiger partial charge in [0.1, 0.15) is 5.60 Å². The summed E-state index contributed by atoms with van der Waals surface area (Å²) in [6.07, 6.45) is 24.5. The van der Waals surface area contributed by atoms with Crippen LogP contribution >= 0.6 is 0 Å². The van der Waals surface area contributed by atoms with E-state index in [4.69, 9.17) is 4.74 Å². The van der Waals surface area contributed by atoms with E-state index >= 15 is 0 Å². The second-order valence-corrected chi connectivity index (χ2v) is 5.16. The molecule has 0 aromatic rings. The molecule has 0 aromatic carbocycles. The predicted molar refractivity (Wildman–Crippen MR) is 102 cm³/mol. The van der Waals surface area contributed by atoms with Gasteiger partial charge in [-0.3, -0.25) is 0 Å². The molecule has 1 heteroatoms. The Bertz CT molecular complexity index is 620. The highest BCUT2D eigenvalue weighted by atomic mass is 16.5. The minimum absolute atomic E-state index is 0.701. The first-order valence-corrected chi connectivity index (χ1v) is 7.67. The van der Waals surface area contributed by atoms with Crippen LogP contribution in [-0.4, -0.2) is 12.7 Å². The Labute approximate surface area is 140 Å². The van der Waals surface area contributed by atoms with E-state index in [2.05, 4.69) is 44.9 Å². The van der Waals surface area contributed by atoms with Crippen LogP contribution in [0, 0.1) is 0 Å². The lowest BCUT2D eigenvalue weighted by Gasteiger charge is -2.36. The third kappa shape index (κ3) is 4.54. The summed E-state index contributed by atoms with van der Waals surface area (Å²) in [6.45, 7) is 13.7. The van der Waals surface area contributed by atoms with Gasteiger partial charge in [-0.15, -0.1) is 0 Å². The van der Waals surface area contributed by atoms with Gasteiger partial charge in [-0.25, -0.2) is 0 Å². The van der Waals surface area contributed by atoms with Crippen LogP contribution in [0.15, 0.2) is 109 Å². The zero-order valence-electron chi connectivity index (χ0n) is 14.2. The molecule has 0 heterocycles. The maximum atomic E-state index is 6.02. The van der Waals surface area contributed by atoms with Crippen molar-refractivity contribution in [3.8, 4) is 0 Å². The first-order valence-electron chi connectivity index (χ1n) is 7.67. The molecule has 1 nitrogen and oxygen atoms in total. The molecule has 0 radical (unpaired) electrons. The molecule has 1 aliphatic carbocycles. The molecule has 1 unspecified atom stereocenters. The molecule has 0 aliphatic heterocycles. The van der Waals surface area contributed by atoms with Crippen molar-refractivity contribution in [2.24, 2.45) is 0 Å². The number of hydrogen-bond acceptors (Lipinski definition) is 1. The number of rotatable bonds is 8. The van der Waals surface area contributed by atoms with E-state index in [9.17, 15) is 0 Å². The van der Waals surface area contributed by atoms with Gasteiger partial charge >= 0.3 is 0 Å². The summed E-state index contributed by atoms with van der Waals surface area (Å²) in [5, 5.41) is 0. The van der Waals surface area contributed by atoms with Crippen molar-refractivity contribution >= 4 is 0 Å². The molecule has 0 amide bonds. The van der Waals surface area contributed by atoms with Crippen molar-refractivity contribution in [1.82, 2.24) is 0 Å². The maximum Gasteiger partial charge on any atom is 0.138 e. The van der Waals surface area contributed by atoms with Gasteiger partial charge in [0.25, 0.3) is 0 Å². The Kier molecular flexibility index (Phi) is 7.79. The van der Waals surface area contributed by atoms with Gasteiger partial charge in [-0.05, 0) is 30.1 Å². The summed E-state index contributed by atoms with van der Waals surface area (Å²) in [7, 11) is 1.72. The van der Waals surface area contributed by atoms with E-state index in [1.807, 2.05) is 42.5 Å². The van der Waals surface area contributed by atoms with Crippen LogP contribution in [0.5, 0.6) is 0 Å². The molecule has 0 bridgehead atoms. The molecule has 23 heavy (non-hydrogen) atoms. The SMILES string of the molecule is C=C/C=C\C=C(/C)C(OC)(C(=C)/C=C\C=C)C1=CCC=CC=C1. The molecule has 0 aromatic heterocycles. The van der Waals surface area contributed by atoms with Crippen molar-refractivity contribution in [3.63, 3.8) is 0 Å². The fraction of sp³-hybridized carbons (Fsp3) is 0.182. The second kappa shape index (κ2) is 9.60. The lowest BCUT2D eigenvalue weighted by molar-refractivity contribution is 0.0908. The van der Waals surface area contributed by atoms with Crippen LogP contribution in [-0.2, 0) is 4.74 Å². The standard InChI is InChI=1S/C22H26O/c1-6-8-12-16-20(4)22(23-5,19(3)15-9-7-2)21-17-13-10-11-14-18-21/h6-13,15-18H,1-3,14H2,4-5H3/b12-8-,15-9-,20-16+. The van der Waals surface area contributed by atoms with Gasteiger partial charge in [-0.2, -0.15) is 0 Å². The molecule has 0 saturated carbocycles. The third-order valence-electron chi connectivity index (χ3n) is 3.74. The van der Waals surface area contributed by atoms with Crippen molar-refractivity contribution in [1.29, 1.82) is 0 Å². The van der Waals surface area contributed by atoms with Crippen LogP contribution in [0.25, 0.3) is 0 Å². The first-order chi connectivity index (χ1) is 11.1. The zero-order valence-corrected chi connectivity index (χ0v) is 14.2. The molecular formula is C22H26O. The molecule has 0 spiro atoms. The molecule has 1 atom stereocenters. The van der Waals surface area contributed by atoms with Crippen molar-refractivity contribution in [3.05, 3.63) is 109 Å². The molecule has 0 N–H and O–H groups in total. The normalized spacial score (nSPS) is 17.8. The van der Waals surface area contributed by atoms with E-state index in [0.717, 1.165) is 23.1 Å². The fourth-order valence-corrected chi connectivity index (χ4v) is 2.61. The smallest absolute Gasteiger partial charge is 0.138 e. The molecule has 0 fully saturated rings. The van der Waals surface area contributed by atoms with Crippen molar-refractivity contribution < 1.29 is 4.74 Å². The largest absolute Gasteiger partial charge is 0.364 e.